The number of fused-ring (bicyclic) bond motifs is 2. The highest BCUT2D eigenvalue weighted by Crippen LogP contribution is 2.33. The lowest BCUT2D eigenvalue weighted by molar-refractivity contribution is 0.0623. The first-order chi connectivity index (χ1) is 13.6. The van der Waals surface area contributed by atoms with Crippen LogP contribution in [0.1, 0.15) is 33.8 Å². The van der Waals surface area contributed by atoms with Crippen LogP contribution in [0, 0.1) is 12.7 Å². The van der Waals surface area contributed by atoms with E-state index in [2.05, 4.69) is 21.3 Å². The minimum absolute atomic E-state index is 0.138. The summed E-state index contributed by atoms with van der Waals surface area (Å²) in [4.78, 5) is 19.4. The van der Waals surface area contributed by atoms with E-state index in [1.807, 2.05) is 25.1 Å². The van der Waals surface area contributed by atoms with Crippen LogP contribution in [0.15, 0.2) is 30.3 Å². The molecular formula is C22H22FN3OS. The van der Waals surface area contributed by atoms with Crippen molar-refractivity contribution in [3.8, 4) is 11.1 Å². The van der Waals surface area contributed by atoms with Gasteiger partial charge in [0, 0.05) is 18.2 Å². The monoisotopic (exact) mass is 395 g/mol. The third kappa shape index (κ3) is 3.01. The van der Waals surface area contributed by atoms with Crippen molar-refractivity contribution in [1.82, 2.24) is 15.2 Å². The van der Waals surface area contributed by atoms with Crippen molar-refractivity contribution < 1.29 is 9.18 Å². The van der Waals surface area contributed by atoms with Gasteiger partial charge in [0.1, 0.15) is 5.52 Å². The molecule has 0 aliphatic carbocycles. The predicted octanol–water partition coefficient (Wildman–Crippen LogP) is 4.16. The van der Waals surface area contributed by atoms with Crippen molar-refractivity contribution in [3.05, 3.63) is 52.3 Å². The van der Waals surface area contributed by atoms with E-state index in [1.165, 1.54) is 11.3 Å². The van der Waals surface area contributed by atoms with Crippen molar-refractivity contribution in [3.63, 3.8) is 0 Å². The number of benzene rings is 2. The van der Waals surface area contributed by atoms with Crippen LogP contribution in [0.4, 0.5) is 4.39 Å². The second-order valence-corrected chi connectivity index (χ2v) is 8.87. The minimum Gasteiger partial charge on any atom is -0.335 e. The fourth-order valence-electron chi connectivity index (χ4n) is 4.42. The van der Waals surface area contributed by atoms with E-state index in [0.717, 1.165) is 70.9 Å². The molecule has 1 aromatic heterocycles. The summed E-state index contributed by atoms with van der Waals surface area (Å²) in [5, 5.41) is 4.22. The molecule has 1 fully saturated rings. The second-order valence-electron chi connectivity index (χ2n) is 7.64. The van der Waals surface area contributed by atoms with Crippen LogP contribution in [0.5, 0.6) is 0 Å². The zero-order chi connectivity index (χ0) is 19.3. The molecule has 3 aromatic rings. The fourth-order valence-corrected chi connectivity index (χ4v) is 5.30. The maximum atomic E-state index is 14.5. The smallest absolute Gasteiger partial charge is 0.254 e. The number of nitrogens with zero attached hydrogens (tertiary/aromatic N) is 2. The number of rotatable bonds is 2. The van der Waals surface area contributed by atoms with Gasteiger partial charge in [0.05, 0.1) is 9.71 Å². The predicted molar refractivity (Wildman–Crippen MR) is 110 cm³/mol. The van der Waals surface area contributed by atoms with Crippen LogP contribution in [-0.4, -0.2) is 41.5 Å². The zero-order valence-electron chi connectivity index (χ0n) is 15.8. The van der Waals surface area contributed by atoms with Gasteiger partial charge >= 0.3 is 0 Å². The molecule has 2 aliphatic heterocycles. The summed E-state index contributed by atoms with van der Waals surface area (Å²) < 4.78 is 15.3. The van der Waals surface area contributed by atoms with Gasteiger partial charge in [-0.15, -0.1) is 11.3 Å². The Morgan fingerprint density at radius 2 is 2.00 bits per heavy atom. The van der Waals surface area contributed by atoms with Gasteiger partial charge in [0.15, 0.2) is 5.82 Å². The highest BCUT2D eigenvalue weighted by atomic mass is 32.1. The lowest BCUT2D eigenvalue weighted by Gasteiger charge is -2.37. The van der Waals surface area contributed by atoms with Gasteiger partial charge in [-0.3, -0.25) is 4.79 Å². The third-order valence-corrected chi connectivity index (χ3v) is 6.77. The summed E-state index contributed by atoms with van der Waals surface area (Å²) in [6.45, 7) is 4.61. The van der Waals surface area contributed by atoms with E-state index in [9.17, 15) is 9.18 Å². The van der Waals surface area contributed by atoms with E-state index in [-0.39, 0.29) is 11.7 Å². The first-order valence-electron chi connectivity index (χ1n) is 9.82. The third-order valence-electron chi connectivity index (χ3n) is 5.86. The molecule has 6 heteroatoms. The van der Waals surface area contributed by atoms with Crippen molar-refractivity contribution in [2.45, 2.75) is 32.2 Å². The fraction of sp³-hybridized carbons (Fsp3) is 0.364. The van der Waals surface area contributed by atoms with Gasteiger partial charge in [0.25, 0.3) is 5.91 Å². The average Bonchev–Trinajstić information content (AvgIpc) is 3.09. The molecule has 0 unspecified atom stereocenters. The molecule has 1 N–H and O–H groups in total. The van der Waals surface area contributed by atoms with Crippen molar-refractivity contribution in [2.24, 2.45) is 0 Å². The highest BCUT2D eigenvalue weighted by Gasteiger charge is 2.30. The largest absolute Gasteiger partial charge is 0.335 e. The molecule has 0 saturated carbocycles. The van der Waals surface area contributed by atoms with E-state index < -0.39 is 0 Å². The number of aromatic nitrogens is 1. The molecule has 28 heavy (non-hydrogen) atoms. The number of carbonyl (C=O) groups is 1. The second kappa shape index (κ2) is 6.94. The lowest BCUT2D eigenvalue weighted by Crippen LogP contribution is -2.49. The first kappa shape index (κ1) is 17.8. The normalized spacial score (nSPS) is 17.9. The van der Waals surface area contributed by atoms with Gasteiger partial charge < -0.3 is 10.2 Å². The standard InChI is InChI=1S/C22H22FN3OS/c1-13-25-21-19(23)11-16(12-20(21)28-13)14-2-3-18-15(10-14)6-9-26(22(18)27)17-4-7-24-8-5-17/h2-3,10-12,17,24H,4-9H2,1H3. The van der Waals surface area contributed by atoms with Gasteiger partial charge in [-0.25, -0.2) is 9.37 Å². The number of aryl methyl sites for hydroxylation is 1. The Morgan fingerprint density at radius 3 is 2.82 bits per heavy atom. The van der Waals surface area contributed by atoms with Crippen molar-refractivity contribution >= 4 is 27.5 Å². The molecule has 0 spiro atoms. The van der Waals surface area contributed by atoms with Gasteiger partial charge in [-0.1, -0.05) is 12.1 Å². The summed E-state index contributed by atoms with van der Waals surface area (Å²) in [5.74, 6) is -0.151. The Morgan fingerprint density at radius 1 is 1.18 bits per heavy atom. The van der Waals surface area contributed by atoms with Gasteiger partial charge in [-0.2, -0.15) is 0 Å². The van der Waals surface area contributed by atoms with Crippen molar-refractivity contribution in [2.75, 3.05) is 19.6 Å². The Hall–Kier alpha value is -2.31. The SMILES string of the molecule is Cc1nc2c(F)cc(-c3ccc4c(c3)CCN(C3CCNCC3)C4=O)cc2s1. The molecule has 0 atom stereocenters. The Balaban J connectivity index is 1.48. The van der Waals surface area contributed by atoms with Crippen LogP contribution in [0.3, 0.4) is 0 Å². The number of carbonyl (C=O) groups excluding carboxylic acids is 1. The molecule has 5 rings (SSSR count). The van der Waals surface area contributed by atoms with E-state index in [0.29, 0.717) is 11.6 Å². The maximum absolute atomic E-state index is 14.5. The Bertz CT molecular complexity index is 1070. The topological polar surface area (TPSA) is 45.2 Å². The molecule has 1 amide bonds. The minimum atomic E-state index is -0.289. The van der Waals surface area contributed by atoms with Gasteiger partial charge in [-0.05, 0) is 74.2 Å². The van der Waals surface area contributed by atoms with E-state index >= 15 is 0 Å². The summed E-state index contributed by atoms with van der Waals surface area (Å²) in [6, 6.07) is 9.80. The molecule has 3 heterocycles. The molecule has 0 bridgehead atoms. The van der Waals surface area contributed by atoms with Gasteiger partial charge in [0.2, 0.25) is 0 Å². The molecule has 2 aliphatic rings. The summed E-state index contributed by atoms with van der Waals surface area (Å²) >= 11 is 1.50. The molecular weight excluding hydrogens is 373 g/mol. The first-order valence-corrected chi connectivity index (χ1v) is 10.6. The van der Waals surface area contributed by atoms with Crippen molar-refractivity contribution in [1.29, 1.82) is 0 Å². The van der Waals surface area contributed by atoms with Crippen LogP contribution >= 0.6 is 11.3 Å². The number of nitrogens with one attached hydrogen (secondary N) is 1. The lowest BCUT2D eigenvalue weighted by atomic mass is 9.92. The number of piperidine rings is 1. The Labute approximate surface area is 167 Å². The van der Waals surface area contributed by atoms with Crippen LogP contribution in [-0.2, 0) is 6.42 Å². The van der Waals surface area contributed by atoms with Crippen LogP contribution in [0.25, 0.3) is 21.3 Å². The molecule has 1 saturated heterocycles. The Kier molecular flexibility index (Phi) is 4.40. The number of halogens is 1. The molecule has 2 aromatic carbocycles. The highest BCUT2D eigenvalue weighted by molar-refractivity contribution is 7.18. The quantitative estimate of drug-likeness (QED) is 0.709. The van der Waals surface area contributed by atoms with E-state index in [1.54, 1.807) is 6.07 Å². The number of hydrogen-bond acceptors (Lipinski definition) is 4. The molecule has 0 radical (unpaired) electrons. The van der Waals surface area contributed by atoms with Crippen LogP contribution < -0.4 is 5.32 Å². The zero-order valence-corrected chi connectivity index (χ0v) is 16.6. The van der Waals surface area contributed by atoms with Crippen LogP contribution in [0.2, 0.25) is 0 Å². The molecule has 4 nitrogen and oxygen atoms in total. The number of thiazole rings is 1. The number of amides is 1. The summed E-state index contributed by atoms with van der Waals surface area (Å²) in [6.07, 6.45) is 2.89. The summed E-state index contributed by atoms with van der Waals surface area (Å²) in [7, 11) is 0. The molecule has 144 valence electrons. The number of hydrogen-bond donors (Lipinski definition) is 1. The average molecular weight is 396 g/mol. The maximum Gasteiger partial charge on any atom is 0.254 e. The van der Waals surface area contributed by atoms with E-state index in [4.69, 9.17) is 0 Å². The summed E-state index contributed by atoms with van der Waals surface area (Å²) in [5.41, 5.74) is 4.09.